The monoisotopic (exact) mass is 484 g/mol. The summed E-state index contributed by atoms with van der Waals surface area (Å²) in [6, 6.07) is 22.5. The Morgan fingerprint density at radius 2 is 1.68 bits per heavy atom. The Labute approximate surface area is 179 Å². The summed E-state index contributed by atoms with van der Waals surface area (Å²) < 4.78 is 7.98. The fourth-order valence-corrected chi connectivity index (χ4v) is 3.04. The number of fused-ring (bicyclic) bond motifs is 1. The molecule has 6 heteroatoms. The van der Waals surface area contributed by atoms with E-state index in [2.05, 4.69) is 28.8 Å². The number of pyridine rings is 1. The topological polar surface area (TPSA) is 60.2 Å². The molecule has 0 aliphatic carbocycles. The van der Waals surface area contributed by atoms with Crippen LogP contribution in [0.4, 0.5) is 5.69 Å². The van der Waals surface area contributed by atoms with Crippen LogP contribution < -0.4 is 28.5 Å². The second-order valence-corrected chi connectivity index (χ2v) is 6.22. The minimum atomic E-state index is -0.413. The zero-order chi connectivity index (χ0) is 18.8. The first-order valence-electron chi connectivity index (χ1n) is 8.52. The van der Waals surface area contributed by atoms with Crippen molar-refractivity contribution in [3.63, 3.8) is 0 Å². The number of benzene rings is 2. The third-order valence-electron chi connectivity index (χ3n) is 4.53. The molecule has 0 aliphatic rings. The molecule has 0 radical (unpaired) electrons. The predicted octanol–water partition coefficient (Wildman–Crippen LogP) is 2.01. The van der Waals surface area contributed by atoms with Crippen LogP contribution in [0.2, 0.25) is 0 Å². The molecule has 4 aromatic rings. The summed E-state index contributed by atoms with van der Waals surface area (Å²) in [6.45, 7) is 0. The van der Waals surface area contributed by atoms with Gasteiger partial charge in [0.25, 0.3) is 5.69 Å². The van der Waals surface area contributed by atoms with Crippen LogP contribution in [0, 0.1) is 10.1 Å². The Morgan fingerprint density at radius 3 is 2.43 bits per heavy atom. The van der Waals surface area contributed by atoms with Crippen molar-refractivity contribution in [2.45, 2.75) is 0 Å². The molecular formula is C22H17IN2O3. The van der Waals surface area contributed by atoms with Gasteiger partial charge in [-0.3, -0.25) is 10.1 Å². The van der Waals surface area contributed by atoms with Crippen LogP contribution >= 0.6 is 0 Å². The molecule has 0 atom stereocenters. The number of aryl methyl sites for hydroxylation is 1. The van der Waals surface area contributed by atoms with E-state index < -0.39 is 4.92 Å². The first-order chi connectivity index (χ1) is 13.1. The van der Waals surface area contributed by atoms with Gasteiger partial charge in [0.2, 0.25) is 11.2 Å². The first-order valence-corrected chi connectivity index (χ1v) is 8.52. The minimum absolute atomic E-state index is 0. The fraction of sp³-hybridized carbons (Fsp3) is 0.0455. The molecule has 0 fully saturated rings. The average molecular weight is 484 g/mol. The lowest BCUT2D eigenvalue weighted by Gasteiger charge is -1.99. The van der Waals surface area contributed by atoms with E-state index in [4.69, 9.17) is 4.42 Å². The van der Waals surface area contributed by atoms with E-state index in [-0.39, 0.29) is 29.7 Å². The molecule has 0 aliphatic heterocycles. The van der Waals surface area contributed by atoms with Gasteiger partial charge in [-0.25, -0.2) is 0 Å². The number of nitro groups is 1. The van der Waals surface area contributed by atoms with Crippen molar-refractivity contribution < 1.29 is 37.9 Å². The van der Waals surface area contributed by atoms with Gasteiger partial charge >= 0.3 is 0 Å². The van der Waals surface area contributed by atoms with E-state index in [1.807, 2.05) is 43.5 Å². The summed E-state index contributed by atoms with van der Waals surface area (Å²) in [6.07, 6.45) is 3.92. The highest BCUT2D eigenvalue weighted by molar-refractivity contribution is 5.77. The SMILES string of the molecule is C[n+]1c(C=Cc2ccc(-c3ccc([N+](=O)[O-])cc3)o2)ccc2ccccc21.[I-]. The van der Waals surface area contributed by atoms with Gasteiger partial charge in [0, 0.05) is 41.3 Å². The highest BCUT2D eigenvalue weighted by Gasteiger charge is 2.10. The number of non-ortho nitro benzene ring substituents is 1. The van der Waals surface area contributed by atoms with Gasteiger partial charge in [-0.1, -0.05) is 12.1 Å². The quantitative estimate of drug-likeness (QED) is 0.193. The number of hydrogen-bond acceptors (Lipinski definition) is 3. The predicted molar refractivity (Wildman–Crippen MR) is 105 cm³/mol. The molecule has 0 saturated carbocycles. The van der Waals surface area contributed by atoms with E-state index in [9.17, 15) is 10.1 Å². The maximum Gasteiger partial charge on any atom is 0.269 e. The lowest BCUT2D eigenvalue weighted by atomic mass is 10.1. The number of furan rings is 1. The number of aromatic nitrogens is 1. The van der Waals surface area contributed by atoms with Gasteiger partial charge < -0.3 is 28.4 Å². The second-order valence-electron chi connectivity index (χ2n) is 6.22. The number of nitrogens with zero attached hydrogens (tertiary/aromatic N) is 2. The third kappa shape index (κ3) is 3.96. The second kappa shape index (κ2) is 8.35. The molecule has 0 amide bonds. The van der Waals surface area contributed by atoms with Gasteiger partial charge in [0.1, 0.15) is 18.6 Å². The molecule has 5 nitrogen and oxygen atoms in total. The summed E-state index contributed by atoms with van der Waals surface area (Å²) in [7, 11) is 2.03. The highest BCUT2D eigenvalue weighted by Crippen LogP contribution is 2.25. The smallest absolute Gasteiger partial charge is 0.269 e. The zero-order valence-electron chi connectivity index (χ0n) is 15.1. The number of nitro benzene ring substituents is 1. The molecular weight excluding hydrogens is 467 g/mol. The Kier molecular flexibility index (Phi) is 5.89. The Morgan fingerprint density at radius 1 is 0.929 bits per heavy atom. The standard InChI is InChI=1S/C22H17N2O3.HI/c1-23-18(9-6-16-4-2-3-5-21(16)23)12-13-20-14-15-22(27-20)17-7-10-19(11-8-17)24(25)26;/h2-15H,1H3;1H/q+1;/p-1. The number of para-hydroxylation sites is 1. The van der Waals surface area contributed by atoms with Crippen LogP contribution in [0.5, 0.6) is 0 Å². The molecule has 0 spiro atoms. The summed E-state index contributed by atoms with van der Waals surface area (Å²) in [4.78, 5) is 10.3. The van der Waals surface area contributed by atoms with Gasteiger partial charge in [0.05, 0.1) is 4.92 Å². The van der Waals surface area contributed by atoms with Crippen LogP contribution in [-0.2, 0) is 7.05 Å². The maximum atomic E-state index is 10.8. The molecule has 2 aromatic carbocycles. The summed E-state index contributed by atoms with van der Waals surface area (Å²) in [5.74, 6) is 1.39. The molecule has 2 aromatic heterocycles. The number of halogens is 1. The first kappa shape index (κ1) is 19.8. The normalized spacial score (nSPS) is 10.9. The Bertz CT molecular complexity index is 1160. The van der Waals surface area contributed by atoms with Crippen LogP contribution in [0.15, 0.2) is 77.2 Å². The van der Waals surface area contributed by atoms with Crippen molar-refractivity contribution in [1.29, 1.82) is 0 Å². The van der Waals surface area contributed by atoms with Crippen molar-refractivity contribution in [3.05, 3.63) is 94.4 Å². The molecule has 0 unspecified atom stereocenters. The summed E-state index contributed by atoms with van der Waals surface area (Å²) in [5, 5.41) is 11.9. The van der Waals surface area contributed by atoms with Gasteiger partial charge in [-0.05, 0) is 42.5 Å². The number of hydrogen-bond donors (Lipinski definition) is 0. The Hall–Kier alpha value is -3.00. The van der Waals surface area contributed by atoms with Gasteiger partial charge in [0.15, 0.2) is 0 Å². The molecule has 2 heterocycles. The molecule has 0 bridgehead atoms. The lowest BCUT2D eigenvalue weighted by molar-refractivity contribution is -0.646. The van der Waals surface area contributed by atoms with E-state index in [0.29, 0.717) is 5.76 Å². The third-order valence-corrected chi connectivity index (χ3v) is 4.53. The summed E-state index contributed by atoms with van der Waals surface area (Å²) in [5.41, 5.74) is 3.08. The van der Waals surface area contributed by atoms with Crippen LogP contribution in [0.3, 0.4) is 0 Å². The van der Waals surface area contributed by atoms with E-state index >= 15 is 0 Å². The van der Waals surface area contributed by atoms with E-state index in [0.717, 1.165) is 22.5 Å². The van der Waals surface area contributed by atoms with E-state index in [1.165, 1.54) is 17.5 Å². The molecule has 0 saturated heterocycles. The van der Waals surface area contributed by atoms with Crippen molar-refractivity contribution in [1.82, 2.24) is 0 Å². The van der Waals surface area contributed by atoms with Crippen LogP contribution in [0.25, 0.3) is 34.4 Å². The fourth-order valence-electron chi connectivity index (χ4n) is 3.04. The van der Waals surface area contributed by atoms with Crippen LogP contribution in [0.1, 0.15) is 11.5 Å². The van der Waals surface area contributed by atoms with Gasteiger partial charge in [-0.2, -0.15) is 4.57 Å². The minimum Gasteiger partial charge on any atom is -1.00 e. The van der Waals surface area contributed by atoms with Crippen molar-refractivity contribution >= 4 is 28.7 Å². The molecule has 0 N–H and O–H groups in total. The van der Waals surface area contributed by atoms with Crippen LogP contribution in [-0.4, -0.2) is 4.92 Å². The average Bonchev–Trinajstić information content (AvgIpc) is 3.17. The lowest BCUT2D eigenvalue weighted by Crippen LogP contribution is -3.00. The van der Waals surface area contributed by atoms with Crippen molar-refractivity contribution in [2.24, 2.45) is 7.05 Å². The largest absolute Gasteiger partial charge is 1.00 e. The molecule has 140 valence electrons. The van der Waals surface area contributed by atoms with E-state index in [1.54, 1.807) is 12.1 Å². The van der Waals surface area contributed by atoms with Crippen molar-refractivity contribution in [3.8, 4) is 11.3 Å². The Balaban J connectivity index is 0.00000225. The molecule has 28 heavy (non-hydrogen) atoms. The summed E-state index contributed by atoms with van der Waals surface area (Å²) >= 11 is 0. The maximum absolute atomic E-state index is 10.8. The van der Waals surface area contributed by atoms with Crippen molar-refractivity contribution in [2.75, 3.05) is 0 Å². The zero-order valence-corrected chi connectivity index (χ0v) is 17.2. The molecule has 4 rings (SSSR count). The highest BCUT2D eigenvalue weighted by atomic mass is 127. The number of rotatable bonds is 4. The van der Waals surface area contributed by atoms with Gasteiger partial charge in [-0.15, -0.1) is 0 Å².